The normalized spacial score (nSPS) is 14.9. The molecule has 0 unspecified atom stereocenters. The van der Waals surface area contributed by atoms with Crippen molar-refractivity contribution in [1.29, 1.82) is 0 Å². The molecular weight excluding hydrogens is 431 g/mol. The second-order valence-corrected chi connectivity index (χ2v) is 7.08. The van der Waals surface area contributed by atoms with Crippen LogP contribution in [0.1, 0.15) is 34.3 Å². The van der Waals surface area contributed by atoms with Crippen molar-refractivity contribution in [1.82, 2.24) is 0 Å². The fourth-order valence-corrected chi connectivity index (χ4v) is 3.30. The van der Waals surface area contributed by atoms with E-state index in [2.05, 4.69) is 0 Å². The Kier molecular flexibility index (Phi) is 5.31. The molecule has 28 heavy (non-hydrogen) atoms. The molecule has 1 saturated carbocycles. The Morgan fingerprint density at radius 2 is 1.36 bits per heavy atom. The van der Waals surface area contributed by atoms with E-state index in [9.17, 15) is 31.1 Å². The van der Waals surface area contributed by atoms with Gasteiger partial charge in [0.15, 0.2) is 0 Å². The molecule has 0 saturated heterocycles. The molecule has 1 fully saturated rings. The summed E-state index contributed by atoms with van der Waals surface area (Å²) in [7, 11) is 0. The van der Waals surface area contributed by atoms with Crippen molar-refractivity contribution >= 4 is 34.8 Å². The highest BCUT2D eigenvalue weighted by atomic mass is 35.5. The molecule has 0 aliphatic heterocycles. The van der Waals surface area contributed by atoms with Crippen LogP contribution in [-0.2, 0) is 12.4 Å². The lowest BCUT2D eigenvalue weighted by molar-refractivity contribution is -0.138. The predicted molar refractivity (Wildman–Crippen MR) is 92.7 cm³/mol. The Morgan fingerprint density at radius 1 is 0.857 bits per heavy atom. The van der Waals surface area contributed by atoms with E-state index in [0.29, 0.717) is 18.9 Å². The van der Waals surface area contributed by atoms with Gasteiger partial charge in [-0.25, -0.2) is 0 Å². The smallest absolute Gasteiger partial charge is 0.305 e. The number of nitrogens with zero attached hydrogens (tertiary/aromatic N) is 1. The Balaban J connectivity index is 1.97. The van der Waals surface area contributed by atoms with E-state index in [1.807, 2.05) is 0 Å². The zero-order valence-corrected chi connectivity index (χ0v) is 15.3. The van der Waals surface area contributed by atoms with Crippen molar-refractivity contribution in [2.24, 2.45) is 0 Å². The van der Waals surface area contributed by atoms with E-state index in [-0.39, 0.29) is 17.3 Å². The zero-order chi connectivity index (χ0) is 20.9. The first-order valence-corrected chi connectivity index (χ1v) is 8.72. The topological polar surface area (TPSA) is 20.3 Å². The van der Waals surface area contributed by atoms with Gasteiger partial charge in [-0.1, -0.05) is 23.2 Å². The van der Waals surface area contributed by atoms with Crippen LogP contribution in [0.5, 0.6) is 0 Å². The fraction of sp³-hybridized carbons (Fsp3) is 0.278. The Morgan fingerprint density at radius 3 is 1.79 bits per heavy atom. The third-order valence-electron chi connectivity index (χ3n) is 4.19. The molecule has 2 aromatic carbocycles. The van der Waals surface area contributed by atoms with Crippen LogP contribution in [0.4, 0.5) is 32.0 Å². The number of anilines is 1. The molecule has 1 aliphatic rings. The van der Waals surface area contributed by atoms with Gasteiger partial charge in [0.05, 0.1) is 21.2 Å². The molecule has 0 bridgehead atoms. The van der Waals surface area contributed by atoms with Crippen molar-refractivity contribution in [2.45, 2.75) is 31.2 Å². The second-order valence-electron chi connectivity index (χ2n) is 6.26. The van der Waals surface area contributed by atoms with Gasteiger partial charge in [-0.2, -0.15) is 26.3 Å². The number of carbonyl (C=O) groups is 1. The highest BCUT2D eigenvalue weighted by molar-refractivity contribution is 6.32. The summed E-state index contributed by atoms with van der Waals surface area (Å²) in [6.45, 7) is 0. The van der Waals surface area contributed by atoms with Gasteiger partial charge in [-0.15, -0.1) is 0 Å². The lowest BCUT2D eigenvalue weighted by Gasteiger charge is -2.24. The van der Waals surface area contributed by atoms with Crippen molar-refractivity contribution in [3.8, 4) is 0 Å². The summed E-state index contributed by atoms with van der Waals surface area (Å²) in [6, 6.07) is 5.19. The highest BCUT2D eigenvalue weighted by Crippen LogP contribution is 2.40. The molecule has 1 aliphatic carbocycles. The second kappa shape index (κ2) is 7.15. The number of alkyl halides is 6. The zero-order valence-electron chi connectivity index (χ0n) is 13.8. The minimum atomic E-state index is -4.67. The summed E-state index contributed by atoms with van der Waals surface area (Å²) in [5.74, 6) is -0.672. The first kappa shape index (κ1) is 20.8. The average molecular weight is 442 g/mol. The third-order valence-corrected chi connectivity index (χ3v) is 4.81. The van der Waals surface area contributed by atoms with Gasteiger partial charge >= 0.3 is 12.4 Å². The highest BCUT2D eigenvalue weighted by Gasteiger charge is 2.38. The van der Waals surface area contributed by atoms with Crippen molar-refractivity contribution in [2.75, 3.05) is 4.90 Å². The maximum absolute atomic E-state index is 12.9. The van der Waals surface area contributed by atoms with Gasteiger partial charge < -0.3 is 4.90 Å². The van der Waals surface area contributed by atoms with Crippen molar-refractivity contribution in [3.63, 3.8) is 0 Å². The van der Waals surface area contributed by atoms with Gasteiger partial charge in [0.25, 0.3) is 5.91 Å². The summed E-state index contributed by atoms with van der Waals surface area (Å²) in [4.78, 5) is 14.1. The van der Waals surface area contributed by atoms with E-state index < -0.39 is 39.4 Å². The van der Waals surface area contributed by atoms with E-state index in [0.717, 1.165) is 30.3 Å². The number of amides is 1. The molecule has 2 nitrogen and oxygen atoms in total. The molecule has 0 heterocycles. The first-order chi connectivity index (χ1) is 12.9. The van der Waals surface area contributed by atoms with Gasteiger partial charge in [0, 0.05) is 17.3 Å². The monoisotopic (exact) mass is 441 g/mol. The Hall–Kier alpha value is -1.93. The largest absolute Gasteiger partial charge is 0.417 e. The quantitative estimate of drug-likeness (QED) is 0.477. The molecule has 10 heteroatoms. The number of benzene rings is 2. The van der Waals surface area contributed by atoms with Crippen LogP contribution in [0.2, 0.25) is 10.0 Å². The van der Waals surface area contributed by atoms with Crippen LogP contribution in [0.15, 0.2) is 36.4 Å². The summed E-state index contributed by atoms with van der Waals surface area (Å²) in [5.41, 5.74) is -2.11. The lowest BCUT2D eigenvalue weighted by Crippen LogP contribution is -2.33. The number of hydrogen-bond donors (Lipinski definition) is 0. The summed E-state index contributed by atoms with van der Waals surface area (Å²) in [5, 5.41) is -1.21. The molecular formula is C18H11Cl2F6NO. The molecule has 0 radical (unpaired) electrons. The van der Waals surface area contributed by atoms with Gasteiger partial charge in [0.2, 0.25) is 0 Å². The summed E-state index contributed by atoms with van der Waals surface area (Å²) >= 11 is 11.4. The minimum absolute atomic E-state index is 0.110. The molecule has 150 valence electrons. The van der Waals surface area contributed by atoms with Gasteiger partial charge in [-0.3, -0.25) is 4.79 Å². The number of rotatable bonds is 3. The maximum Gasteiger partial charge on any atom is 0.417 e. The fourth-order valence-electron chi connectivity index (χ4n) is 2.73. The SMILES string of the molecule is O=C(c1ccc(C(F)(F)F)c(Cl)c1)N(c1ccc(C(F)(F)F)c(Cl)c1)C1CC1. The standard InChI is InChI=1S/C18H11Cl2F6NO/c19-14-7-9(1-5-12(14)17(21,22)23)16(28)27(10-2-3-10)11-4-6-13(15(20)8-11)18(24,25)26/h1,4-8,10H,2-3H2. The van der Waals surface area contributed by atoms with E-state index in [4.69, 9.17) is 23.2 Å². The van der Waals surface area contributed by atoms with Crippen LogP contribution in [0.25, 0.3) is 0 Å². The molecule has 2 aromatic rings. The summed E-state index contributed by atoms with van der Waals surface area (Å²) in [6.07, 6.45) is -8.10. The lowest BCUT2D eigenvalue weighted by atomic mass is 10.1. The minimum Gasteiger partial charge on any atom is -0.305 e. The first-order valence-electron chi connectivity index (χ1n) is 7.96. The van der Waals surface area contributed by atoms with Crippen LogP contribution >= 0.6 is 23.2 Å². The Labute approximate surface area is 165 Å². The Bertz CT molecular complexity index is 921. The molecule has 0 aromatic heterocycles. The average Bonchev–Trinajstić information content (AvgIpc) is 3.37. The molecule has 0 N–H and O–H groups in total. The maximum atomic E-state index is 12.9. The van der Waals surface area contributed by atoms with E-state index in [1.165, 1.54) is 4.90 Å². The number of hydrogen-bond acceptors (Lipinski definition) is 1. The third kappa shape index (κ3) is 4.22. The summed E-state index contributed by atoms with van der Waals surface area (Å²) < 4.78 is 77.2. The van der Waals surface area contributed by atoms with Crippen molar-refractivity contribution in [3.05, 3.63) is 63.1 Å². The number of halogens is 8. The van der Waals surface area contributed by atoms with E-state index >= 15 is 0 Å². The van der Waals surface area contributed by atoms with Crippen LogP contribution in [0.3, 0.4) is 0 Å². The number of carbonyl (C=O) groups excluding carboxylic acids is 1. The van der Waals surface area contributed by atoms with Crippen LogP contribution in [-0.4, -0.2) is 11.9 Å². The molecule has 0 spiro atoms. The van der Waals surface area contributed by atoms with Gasteiger partial charge in [-0.05, 0) is 49.2 Å². The molecule has 0 atom stereocenters. The molecule has 1 amide bonds. The molecule has 3 rings (SSSR count). The predicted octanol–water partition coefficient (Wildman–Crippen LogP) is 6.84. The van der Waals surface area contributed by atoms with E-state index in [1.54, 1.807) is 0 Å². The van der Waals surface area contributed by atoms with Crippen LogP contribution in [0, 0.1) is 0 Å². The van der Waals surface area contributed by atoms with Crippen LogP contribution < -0.4 is 4.90 Å². The van der Waals surface area contributed by atoms with Gasteiger partial charge in [0.1, 0.15) is 0 Å². The van der Waals surface area contributed by atoms with Crippen molar-refractivity contribution < 1.29 is 31.1 Å².